The van der Waals surface area contributed by atoms with Gasteiger partial charge in [-0.05, 0) is 42.9 Å². The number of urea groups is 1. The lowest BCUT2D eigenvalue weighted by Crippen LogP contribution is -2.48. The number of nitrogens with one attached hydrogen (secondary N) is 1. The fraction of sp³-hybridized carbons (Fsp3) is 0.529. The van der Waals surface area contributed by atoms with Gasteiger partial charge in [-0.15, -0.1) is 0 Å². The lowest BCUT2D eigenvalue weighted by atomic mass is 9.89. The Kier molecular flexibility index (Phi) is 3.49. The number of rotatable bonds is 2. The summed E-state index contributed by atoms with van der Waals surface area (Å²) in [4.78, 5) is 26.3. The highest BCUT2D eigenvalue weighted by Gasteiger charge is 2.55. The zero-order valence-electron chi connectivity index (χ0n) is 13.9. The molecule has 7 nitrogen and oxygen atoms in total. The number of nitrogens with zero attached hydrogens (tertiary/aromatic N) is 1. The summed E-state index contributed by atoms with van der Waals surface area (Å²) >= 11 is 0. The van der Waals surface area contributed by atoms with Crippen LogP contribution < -0.4 is 5.32 Å². The standard InChI is InChI=1S/C17H20N2O5S/c1-17(12-6-5-10-3-2-4-11(10)7-12)15(21)19(16(22)18-17)13-8-25(23,24)9-14(13)20/h5-7,13-14,20H,2-4,8-9H2,1H3,(H,18,22)/t13-,14-,17-/m0/s1. The molecule has 1 aliphatic carbocycles. The Hall–Kier alpha value is -1.93. The van der Waals surface area contributed by atoms with E-state index >= 15 is 0 Å². The minimum absolute atomic E-state index is 0.395. The summed E-state index contributed by atoms with van der Waals surface area (Å²) in [6.45, 7) is 1.62. The third-order valence-corrected chi connectivity index (χ3v) is 7.22. The number of amides is 3. The summed E-state index contributed by atoms with van der Waals surface area (Å²) < 4.78 is 23.5. The number of carbonyl (C=O) groups is 2. The van der Waals surface area contributed by atoms with Crippen molar-refractivity contribution >= 4 is 21.8 Å². The van der Waals surface area contributed by atoms with Crippen LogP contribution in [0.2, 0.25) is 0 Å². The Morgan fingerprint density at radius 3 is 2.60 bits per heavy atom. The first-order chi connectivity index (χ1) is 11.7. The van der Waals surface area contributed by atoms with Crippen LogP contribution in [0.15, 0.2) is 18.2 Å². The summed E-state index contributed by atoms with van der Waals surface area (Å²) in [7, 11) is -3.46. The SMILES string of the molecule is C[C@@]1(c2ccc3c(c2)CCC3)NC(=O)N([C@H]2CS(=O)(=O)C[C@@H]2O)C1=O. The molecule has 3 atom stereocenters. The minimum atomic E-state index is -3.46. The molecule has 0 radical (unpaired) electrons. The van der Waals surface area contributed by atoms with E-state index < -0.39 is 51.0 Å². The van der Waals surface area contributed by atoms with Crippen molar-refractivity contribution in [3.8, 4) is 0 Å². The molecule has 3 amide bonds. The van der Waals surface area contributed by atoms with Gasteiger partial charge in [0.2, 0.25) is 0 Å². The smallest absolute Gasteiger partial charge is 0.325 e. The largest absolute Gasteiger partial charge is 0.390 e. The number of hydrogen-bond donors (Lipinski definition) is 2. The van der Waals surface area contributed by atoms with Crippen molar-refractivity contribution in [3.05, 3.63) is 34.9 Å². The molecule has 2 fully saturated rings. The number of imide groups is 1. The maximum absolute atomic E-state index is 13.0. The maximum atomic E-state index is 13.0. The van der Waals surface area contributed by atoms with E-state index in [0.717, 1.165) is 24.2 Å². The molecule has 25 heavy (non-hydrogen) atoms. The summed E-state index contributed by atoms with van der Waals surface area (Å²) in [6.07, 6.45) is 1.80. The molecule has 0 aromatic heterocycles. The molecule has 1 aromatic carbocycles. The van der Waals surface area contributed by atoms with Crippen LogP contribution in [0, 0.1) is 0 Å². The van der Waals surface area contributed by atoms with Gasteiger partial charge in [-0.1, -0.05) is 18.2 Å². The molecule has 0 spiro atoms. The molecule has 0 unspecified atom stereocenters. The second-order valence-electron chi connectivity index (χ2n) is 7.28. The Morgan fingerprint density at radius 2 is 1.92 bits per heavy atom. The summed E-state index contributed by atoms with van der Waals surface area (Å²) in [6, 6.07) is 4.09. The Balaban J connectivity index is 1.69. The van der Waals surface area contributed by atoms with Crippen LogP contribution in [-0.4, -0.2) is 54.0 Å². The fourth-order valence-electron chi connectivity index (χ4n) is 4.10. The number of aryl methyl sites for hydroxylation is 2. The molecular weight excluding hydrogens is 344 g/mol. The molecule has 2 saturated heterocycles. The highest BCUT2D eigenvalue weighted by molar-refractivity contribution is 7.91. The number of aliphatic hydroxyl groups excluding tert-OH is 1. The molecule has 2 aliphatic heterocycles. The van der Waals surface area contributed by atoms with Gasteiger partial charge in [0, 0.05) is 0 Å². The van der Waals surface area contributed by atoms with E-state index in [-0.39, 0.29) is 0 Å². The van der Waals surface area contributed by atoms with Gasteiger partial charge in [-0.3, -0.25) is 9.69 Å². The molecule has 134 valence electrons. The Morgan fingerprint density at radius 1 is 1.20 bits per heavy atom. The monoisotopic (exact) mass is 364 g/mol. The van der Waals surface area contributed by atoms with Gasteiger partial charge in [0.15, 0.2) is 9.84 Å². The molecule has 0 saturated carbocycles. The van der Waals surface area contributed by atoms with Crippen LogP contribution in [0.1, 0.15) is 30.0 Å². The maximum Gasteiger partial charge on any atom is 0.325 e. The third kappa shape index (κ3) is 2.46. The first kappa shape index (κ1) is 16.5. The minimum Gasteiger partial charge on any atom is -0.390 e. The number of hydrogen-bond acceptors (Lipinski definition) is 5. The average Bonchev–Trinajstić information content (AvgIpc) is 3.15. The van der Waals surface area contributed by atoms with Crippen LogP contribution >= 0.6 is 0 Å². The van der Waals surface area contributed by atoms with Crippen molar-refractivity contribution in [3.63, 3.8) is 0 Å². The average molecular weight is 364 g/mol. The zero-order chi connectivity index (χ0) is 18.0. The van der Waals surface area contributed by atoms with Crippen LogP contribution in [0.25, 0.3) is 0 Å². The third-order valence-electron chi connectivity index (χ3n) is 5.52. The van der Waals surface area contributed by atoms with Crippen LogP contribution in [0.4, 0.5) is 4.79 Å². The van der Waals surface area contributed by atoms with Gasteiger partial charge in [0.25, 0.3) is 5.91 Å². The molecule has 1 aromatic rings. The molecule has 0 bridgehead atoms. The van der Waals surface area contributed by atoms with Crippen molar-refractivity contribution in [1.29, 1.82) is 0 Å². The van der Waals surface area contributed by atoms with Crippen LogP contribution in [-0.2, 0) is 33.0 Å². The number of fused-ring (bicyclic) bond motifs is 1. The van der Waals surface area contributed by atoms with Crippen molar-refractivity contribution in [2.75, 3.05) is 11.5 Å². The molecule has 2 heterocycles. The second-order valence-corrected chi connectivity index (χ2v) is 9.43. The van der Waals surface area contributed by atoms with Crippen molar-refractivity contribution in [1.82, 2.24) is 10.2 Å². The Labute approximate surface area is 145 Å². The number of aliphatic hydroxyl groups is 1. The molecule has 4 rings (SSSR count). The fourth-order valence-corrected chi connectivity index (χ4v) is 5.87. The topological polar surface area (TPSA) is 104 Å². The molecule has 8 heteroatoms. The van der Waals surface area contributed by atoms with Crippen LogP contribution in [0.3, 0.4) is 0 Å². The summed E-state index contributed by atoms with van der Waals surface area (Å²) in [5.74, 6) is -1.34. The van der Waals surface area contributed by atoms with Crippen LogP contribution in [0.5, 0.6) is 0 Å². The van der Waals surface area contributed by atoms with E-state index in [2.05, 4.69) is 5.32 Å². The van der Waals surface area contributed by atoms with Gasteiger partial charge < -0.3 is 10.4 Å². The first-order valence-electron chi connectivity index (χ1n) is 8.38. The number of sulfone groups is 1. The predicted molar refractivity (Wildman–Crippen MR) is 89.6 cm³/mol. The lowest BCUT2D eigenvalue weighted by molar-refractivity contribution is -0.133. The quantitative estimate of drug-likeness (QED) is 0.725. The van der Waals surface area contributed by atoms with E-state index in [0.29, 0.717) is 5.56 Å². The first-order valence-corrected chi connectivity index (χ1v) is 10.2. The van der Waals surface area contributed by atoms with Crippen molar-refractivity contribution in [2.24, 2.45) is 0 Å². The van der Waals surface area contributed by atoms with Crippen molar-refractivity contribution in [2.45, 2.75) is 43.9 Å². The normalized spacial score (nSPS) is 33.6. The predicted octanol–water partition coefficient (Wildman–Crippen LogP) is 0.100. The van der Waals surface area contributed by atoms with Gasteiger partial charge in [-0.25, -0.2) is 13.2 Å². The van der Waals surface area contributed by atoms with E-state index in [1.165, 1.54) is 11.1 Å². The van der Waals surface area contributed by atoms with Gasteiger partial charge in [0.05, 0.1) is 23.7 Å². The highest BCUT2D eigenvalue weighted by atomic mass is 32.2. The summed E-state index contributed by atoms with van der Waals surface area (Å²) in [5.41, 5.74) is 1.88. The summed E-state index contributed by atoms with van der Waals surface area (Å²) in [5, 5.41) is 12.7. The van der Waals surface area contributed by atoms with Crippen molar-refractivity contribution < 1.29 is 23.1 Å². The van der Waals surface area contributed by atoms with Gasteiger partial charge in [0.1, 0.15) is 5.54 Å². The molecule has 3 aliphatic rings. The van der Waals surface area contributed by atoms with E-state index in [1.807, 2.05) is 18.2 Å². The van der Waals surface area contributed by atoms with E-state index in [4.69, 9.17) is 0 Å². The van der Waals surface area contributed by atoms with Gasteiger partial charge in [-0.2, -0.15) is 0 Å². The van der Waals surface area contributed by atoms with E-state index in [1.54, 1.807) is 6.92 Å². The zero-order valence-corrected chi connectivity index (χ0v) is 14.7. The van der Waals surface area contributed by atoms with Gasteiger partial charge >= 0.3 is 6.03 Å². The lowest BCUT2D eigenvalue weighted by Gasteiger charge is -2.26. The molecular formula is C17H20N2O5S. The number of carbonyl (C=O) groups excluding carboxylic acids is 2. The number of benzene rings is 1. The molecule has 2 N–H and O–H groups in total. The van der Waals surface area contributed by atoms with E-state index in [9.17, 15) is 23.1 Å². The second kappa shape index (κ2) is 5.28. The highest BCUT2D eigenvalue weighted by Crippen LogP contribution is 2.34. The Bertz CT molecular complexity index is 881.